The van der Waals surface area contributed by atoms with E-state index in [0.29, 0.717) is 5.75 Å². The first-order valence-corrected chi connectivity index (χ1v) is 8.94. The summed E-state index contributed by atoms with van der Waals surface area (Å²) in [7, 11) is 0. The Labute approximate surface area is 151 Å². The molecule has 1 aromatic carbocycles. The molecule has 0 radical (unpaired) electrons. The number of carbonyl (C=O) groups is 3. The van der Waals surface area contributed by atoms with E-state index < -0.39 is 23.8 Å². The lowest BCUT2D eigenvalue weighted by molar-refractivity contribution is -0.153. The molecule has 3 amide bonds. The number of benzene rings is 1. The van der Waals surface area contributed by atoms with Crippen LogP contribution in [0.5, 0.6) is 5.75 Å². The highest BCUT2D eigenvalue weighted by molar-refractivity contribution is 6.07. The van der Waals surface area contributed by atoms with E-state index in [9.17, 15) is 14.4 Å². The molecule has 0 saturated carbocycles. The number of carbonyl (C=O) groups excluding carboxylic acids is 3. The molecule has 4 rings (SSSR count). The largest absolute Gasteiger partial charge is 0.481 e. The molecule has 0 aromatic heterocycles. The predicted octanol–water partition coefficient (Wildman–Crippen LogP) is 1.26. The Morgan fingerprint density at radius 2 is 1.65 bits per heavy atom. The number of aryl methyl sites for hydroxylation is 2. The molecule has 3 heterocycles. The first kappa shape index (κ1) is 17.0. The zero-order chi connectivity index (χ0) is 18.6. The van der Waals surface area contributed by atoms with Crippen molar-refractivity contribution in [3.05, 3.63) is 29.3 Å². The Balaban J connectivity index is 1.43. The normalized spacial score (nSPS) is 30.5. The van der Waals surface area contributed by atoms with Gasteiger partial charge in [-0.2, -0.15) is 5.01 Å². The standard InChI is InChI=1S/C19H22N2O5/c1-9-6-10(2)8-12(7-9)25-11(3)17(22)20-21-18(23)15-13-4-5-14(26-13)16(15)19(21)24/h6-8,11,13-16H,4-5H2,1-3H3,(H,20,22)/t11-,13-,14-,15-,16-/m0/s1. The van der Waals surface area contributed by atoms with Crippen LogP contribution in [0.25, 0.3) is 0 Å². The van der Waals surface area contributed by atoms with Crippen molar-refractivity contribution >= 4 is 17.7 Å². The lowest BCUT2D eigenvalue weighted by atomic mass is 9.81. The third-order valence-electron chi connectivity index (χ3n) is 5.38. The lowest BCUT2D eigenvalue weighted by Crippen LogP contribution is -2.51. The van der Waals surface area contributed by atoms with Crippen LogP contribution in [0.1, 0.15) is 30.9 Å². The van der Waals surface area contributed by atoms with Crippen LogP contribution in [0.4, 0.5) is 0 Å². The van der Waals surface area contributed by atoms with E-state index >= 15 is 0 Å². The summed E-state index contributed by atoms with van der Waals surface area (Å²) in [5, 5.41) is 0.868. The van der Waals surface area contributed by atoms with Gasteiger partial charge in [-0.25, -0.2) is 0 Å². The highest BCUT2D eigenvalue weighted by Gasteiger charge is 2.63. The van der Waals surface area contributed by atoms with Gasteiger partial charge < -0.3 is 9.47 Å². The van der Waals surface area contributed by atoms with Crippen molar-refractivity contribution in [2.45, 2.75) is 51.9 Å². The zero-order valence-corrected chi connectivity index (χ0v) is 15.0. The Morgan fingerprint density at radius 3 is 2.19 bits per heavy atom. The van der Waals surface area contributed by atoms with Crippen LogP contribution in [0.2, 0.25) is 0 Å². The van der Waals surface area contributed by atoms with E-state index in [-0.39, 0.29) is 24.0 Å². The molecule has 3 aliphatic rings. The van der Waals surface area contributed by atoms with E-state index in [1.54, 1.807) is 6.92 Å². The number of rotatable bonds is 4. The van der Waals surface area contributed by atoms with E-state index in [0.717, 1.165) is 29.0 Å². The minimum atomic E-state index is -0.842. The fraction of sp³-hybridized carbons (Fsp3) is 0.526. The molecule has 0 spiro atoms. The molecule has 3 aliphatic heterocycles. The molecule has 2 bridgehead atoms. The molecule has 0 unspecified atom stereocenters. The van der Waals surface area contributed by atoms with Gasteiger partial charge in [0.1, 0.15) is 5.75 Å². The van der Waals surface area contributed by atoms with Crippen molar-refractivity contribution in [1.82, 2.24) is 10.4 Å². The summed E-state index contributed by atoms with van der Waals surface area (Å²) in [6, 6.07) is 5.68. The quantitative estimate of drug-likeness (QED) is 0.819. The number of ether oxygens (including phenoxy) is 2. The smallest absolute Gasteiger partial charge is 0.279 e. The van der Waals surface area contributed by atoms with Gasteiger partial charge >= 0.3 is 0 Å². The summed E-state index contributed by atoms with van der Waals surface area (Å²) in [6.45, 7) is 5.48. The van der Waals surface area contributed by atoms with E-state index in [2.05, 4.69) is 5.43 Å². The SMILES string of the molecule is Cc1cc(C)cc(O[C@@H](C)C(=O)NN2C(=O)[C@@H]3[C@@H](C2=O)[C@@H]2CC[C@@H]3O2)c1. The third kappa shape index (κ3) is 2.67. The van der Waals surface area contributed by atoms with Crippen LogP contribution in [0, 0.1) is 25.7 Å². The van der Waals surface area contributed by atoms with Crippen LogP contribution >= 0.6 is 0 Å². The Hall–Kier alpha value is -2.41. The maximum absolute atomic E-state index is 12.6. The summed E-state index contributed by atoms with van der Waals surface area (Å²) in [5.74, 6) is -1.63. The van der Waals surface area contributed by atoms with Crippen molar-refractivity contribution in [1.29, 1.82) is 0 Å². The highest BCUT2D eigenvalue weighted by atomic mass is 16.5. The highest BCUT2D eigenvalue weighted by Crippen LogP contribution is 2.48. The monoisotopic (exact) mass is 358 g/mol. The first-order valence-electron chi connectivity index (χ1n) is 8.94. The van der Waals surface area contributed by atoms with Gasteiger partial charge in [0.05, 0.1) is 24.0 Å². The average molecular weight is 358 g/mol. The van der Waals surface area contributed by atoms with Gasteiger partial charge in [-0.05, 0) is 56.9 Å². The summed E-state index contributed by atoms with van der Waals surface area (Å²) >= 11 is 0. The Morgan fingerprint density at radius 1 is 1.12 bits per heavy atom. The summed E-state index contributed by atoms with van der Waals surface area (Å²) in [6.07, 6.45) is 0.336. The van der Waals surface area contributed by atoms with Crippen LogP contribution < -0.4 is 10.2 Å². The predicted molar refractivity (Wildman–Crippen MR) is 90.9 cm³/mol. The number of hydrogen-bond acceptors (Lipinski definition) is 5. The van der Waals surface area contributed by atoms with Gasteiger partial charge in [-0.15, -0.1) is 0 Å². The molecule has 0 aliphatic carbocycles. The number of hydrazine groups is 1. The maximum Gasteiger partial charge on any atom is 0.279 e. The van der Waals surface area contributed by atoms with Gasteiger partial charge in [0, 0.05) is 0 Å². The second-order valence-corrected chi connectivity index (χ2v) is 7.41. The second kappa shape index (κ2) is 6.09. The van der Waals surface area contributed by atoms with Gasteiger partial charge in [-0.1, -0.05) is 6.07 Å². The molecule has 7 nitrogen and oxygen atoms in total. The summed E-state index contributed by atoms with van der Waals surface area (Å²) in [5.41, 5.74) is 4.50. The molecular weight excluding hydrogens is 336 g/mol. The number of imide groups is 1. The van der Waals surface area contributed by atoms with E-state index in [1.807, 2.05) is 32.0 Å². The van der Waals surface area contributed by atoms with Gasteiger partial charge in [0.2, 0.25) is 0 Å². The second-order valence-electron chi connectivity index (χ2n) is 7.41. The fourth-order valence-corrected chi connectivity index (χ4v) is 4.28. The van der Waals surface area contributed by atoms with E-state index in [1.165, 1.54) is 0 Å². The van der Waals surface area contributed by atoms with Crippen molar-refractivity contribution < 1.29 is 23.9 Å². The number of hydrogen-bond donors (Lipinski definition) is 1. The van der Waals surface area contributed by atoms with Gasteiger partial charge in [0.25, 0.3) is 17.7 Å². The fourth-order valence-electron chi connectivity index (χ4n) is 4.28. The number of nitrogens with zero attached hydrogens (tertiary/aromatic N) is 1. The molecule has 3 fully saturated rings. The van der Waals surface area contributed by atoms with Gasteiger partial charge in [0.15, 0.2) is 6.10 Å². The molecule has 7 heteroatoms. The molecule has 1 N–H and O–H groups in total. The summed E-state index contributed by atoms with van der Waals surface area (Å²) < 4.78 is 11.4. The van der Waals surface area contributed by atoms with Gasteiger partial charge in [-0.3, -0.25) is 19.8 Å². The topological polar surface area (TPSA) is 84.9 Å². The average Bonchev–Trinajstić information content (AvgIpc) is 3.23. The number of nitrogens with one attached hydrogen (secondary N) is 1. The Bertz CT molecular complexity index is 744. The zero-order valence-electron chi connectivity index (χ0n) is 15.0. The molecular formula is C19H22N2O5. The van der Waals surface area contributed by atoms with Crippen LogP contribution in [0.15, 0.2) is 18.2 Å². The molecule has 3 saturated heterocycles. The minimum absolute atomic E-state index is 0.202. The maximum atomic E-state index is 12.6. The first-order chi connectivity index (χ1) is 12.3. The lowest BCUT2D eigenvalue weighted by Gasteiger charge is -2.21. The molecule has 138 valence electrons. The van der Waals surface area contributed by atoms with Crippen molar-refractivity contribution in [3.63, 3.8) is 0 Å². The minimum Gasteiger partial charge on any atom is -0.481 e. The summed E-state index contributed by atoms with van der Waals surface area (Å²) in [4.78, 5) is 37.6. The van der Waals surface area contributed by atoms with Crippen LogP contribution in [0.3, 0.4) is 0 Å². The number of amides is 3. The number of fused-ring (bicyclic) bond motifs is 5. The van der Waals surface area contributed by atoms with Crippen LogP contribution in [-0.4, -0.2) is 41.0 Å². The van der Waals surface area contributed by atoms with Crippen molar-refractivity contribution in [2.75, 3.05) is 0 Å². The third-order valence-corrected chi connectivity index (χ3v) is 5.38. The van der Waals surface area contributed by atoms with Crippen molar-refractivity contribution in [2.24, 2.45) is 11.8 Å². The molecule has 26 heavy (non-hydrogen) atoms. The van der Waals surface area contributed by atoms with E-state index in [4.69, 9.17) is 9.47 Å². The van der Waals surface area contributed by atoms with Crippen molar-refractivity contribution in [3.8, 4) is 5.75 Å². The van der Waals surface area contributed by atoms with Crippen LogP contribution in [-0.2, 0) is 19.1 Å². The Kier molecular flexibility index (Phi) is 3.99. The molecule has 5 atom stereocenters. The molecule has 1 aromatic rings.